The fourth-order valence-corrected chi connectivity index (χ4v) is 3.21. The van der Waals surface area contributed by atoms with E-state index in [1.807, 2.05) is 4.90 Å². The number of benzene rings is 2. The lowest BCUT2D eigenvalue weighted by Gasteiger charge is -2.17. The van der Waals surface area contributed by atoms with Gasteiger partial charge in [-0.25, -0.2) is 0 Å². The Kier molecular flexibility index (Phi) is 3.79. The van der Waals surface area contributed by atoms with E-state index < -0.39 is 0 Å². The molecule has 0 spiro atoms. The van der Waals surface area contributed by atoms with E-state index in [0.717, 1.165) is 11.3 Å². The summed E-state index contributed by atoms with van der Waals surface area (Å²) in [6.07, 6.45) is 0.524. The summed E-state index contributed by atoms with van der Waals surface area (Å²) < 4.78 is 2.39. The molecule has 0 radical (unpaired) electrons. The molecule has 1 heterocycles. The molecule has 0 N–H and O–H groups in total. The molecule has 19 heavy (non-hydrogen) atoms. The van der Waals surface area contributed by atoms with E-state index in [2.05, 4.69) is 87.6 Å². The van der Waals surface area contributed by atoms with E-state index in [4.69, 9.17) is 0 Å². The van der Waals surface area contributed by atoms with Crippen LogP contribution < -0.4 is 4.90 Å². The van der Waals surface area contributed by atoms with Gasteiger partial charge in [-0.05, 0) is 86.6 Å². The number of anilines is 1. The Bertz CT molecular complexity index is 637. The van der Waals surface area contributed by atoms with Crippen LogP contribution in [-0.2, 0) is 17.8 Å². The van der Waals surface area contributed by atoms with Crippen molar-refractivity contribution in [2.75, 3.05) is 4.90 Å². The molecule has 0 unspecified atom stereocenters. The minimum atomic E-state index is 0.190. The van der Waals surface area contributed by atoms with Crippen molar-refractivity contribution < 1.29 is 4.79 Å². The molecule has 1 amide bonds. The molecule has 0 bridgehead atoms. The lowest BCUT2D eigenvalue weighted by atomic mass is 10.1. The van der Waals surface area contributed by atoms with Crippen LogP contribution in [0.5, 0.6) is 0 Å². The molecule has 4 heteroatoms. The van der Waals surface area contributed by atoms with Crippen LogP contribution in [0.4, 0.5) is 5.69 Å². The monoisotopic (exact) mass is 475 g/mol. The lowest BCUT2D eigenvalue weighted by molar-refractivity contribution is -0.117. The Hall–Kier alpha value is -0.630. The molecule has 0 fully saturated rings. The average Bonchev–Trinajstić information content (AvgIpc) is 2.68. The van der Waals surface area contributed by atoms with Crippen LogP contribution >= 0.6 is 45.2 Å². The van der Waals surface area contributed by atoms with E-state index in [1.165, 1.54) is 12.7 Å². The molecular formula is C15H11I2NO. The summed E-state index contributed by atoms with van der Waals surface area (Å²) in [6, 6.07) is 14.5. The number of carbonyl (C=O) groups is 1. The predicted octanol–water partition coefficient (Wildman–Crippen LogP) is 3.99. The standard InChI is InChI=1S/C15H11I2NO/c16-12-3-1-10(2-4-12)9-18-14-6-5-13(17)7-11(14)8-15(18)19/h1-7H,8-9H2. The molecule has 0 aromatic heterocycles. The minimum absolute atomic E-state index is 0.190. The first-order valence-corrected chi connectivity index (χ1v) is 8.12. The Morgan fingerprint density at radius 3 is 2.42 bits per heavy atom. The minimum Gasteiger partial charge on any atom is -0.307 e. The first-order valence-electron chi connectivity index (χ1n) is 5.97. The van der Waals surface area contributed by atoms with Crippen molar-refractivity contribution in [1.82, 2.24) is 0 Å². The Balaban J connectivity index is 1.90. The number of amides is 1. The van der Waals surface area contributed by atoms with Crippen LogP contribution in [0.2, 0.25) is 0 Å². The third kappa shape index (κ3) is 2.79. The highest BCUT2D eigenvalue weighted by molar-refractivity contribution is 14.1. The maximum atomic E-state index is 12.1. The maximum Gasteiger partial charge on any atom is 0.231 e. The second kappa shape index (κ2) is 5.40. The van der Waals surface area contributed by atoms with Crippen molar-refractivity contribution in [3.8, 4) is 0 Å². The van der Waals surface area contributed by atoms with Crippen molar-refractivity contribution in [1.29, 1.82) is 0 Å². The zero-order valence-corrected chi connectivity index (χ0v) is 14.4. The normalized spacial score (nSPS) is 13.8. The van der Waals surface area contributed by atoms with Crippen molar-refractivity contribution in [2.45, 2.75) is 13.0 Å². The molecule has 2 nitrogen and oxygen atoms in total. The molecule has 1 aliphatic heterocycles. The summed E-state index contributed by atoms with van der Waals surface area (Å²) in [5, 5.41) is 0. The van der Waals surface area contributed by atoms with Gasteiger partial charge in [-0.15, -0.1) is 0 Å². The van der Waals surface area contributed by atoms with Crippen LogP contribution in [0.15, 0.2) is 42.5 Å². The molecule has 0 saturated carbocycles. The summed E-state index contributed by atoms with van der Waals surface area (Å²) in [7, 11) is 0. The van der Waals surface area contributed by atoms with Crippen LogP contribution in [0, 0.1) is 7.14 Å². The topological polar surface area (TPSA) is 20.3 Å². The summed E-state index contributed by atoms with van der Waals surface area (Å²) in [4.78, 5) is 14.0. The zero-order valence-electron chi connectivity index (χ0n) is 10.1. The van der Waals surface area contributed by atoms with E-state index in [0.29, 0.717) is 13.0 Å². The molecule has 2 aromatic rings. The van der Waals surface area contributed by atoms with E-state index in [1.54, 1.807) is 0 Å². The summed E-state index contributed by atoms with van der Waals surface area (Å²) in [5.41, 5.74) is 3.37. The molecule has 3 rings (SSSR count). The van der Waals surface area contributed by atoms with Gasteiger partial charge >= 0.3 is 0 Å². The number of rotatable bonds is 2. The number of halogens is 2. The van der Waals surface area contributed by atoms with E-state index in [-0.39, 0.29) is 5.91 Å². The van der Waals surface area contributed by atoms with Gasteiger partial charge in [-0.1, -0.05) is 12.1 Å². The smallest absolute Gasteiger partial charge is 0.231 e. The largest absolute Gasteiger partial charge is 0.307 e. The quantitative estimate of drug-likeness (QED) is 0.603. The summed E-state index contributed by atoms with van der Waals surface area (Å²) in [6.45, 7) is 0.656. The number of carbonyl (C=O) groups excluding carboxylic acids is 1. The van der Waals surface area contributed by atoms with Crippen LogP contribution in [0.1, 0.15) is 11.1 Å². The molecular weight excluding hydrogens is 464 g/mol. The van der Waals surface area contributed by atoms with E-state index in [9.17, 15) is 4.79 Å². The van der Waals surface area contributed by atoms with Crippen molar-refractivity contribution in [3.63, 3.8) is 0 Å². The Morgan fingerprint density at radius 2 is 1.68 bits per heavy atom. The molecule has 2 aromatic carbocycles. The first kappa shape index (κ1) is 13.4. The fourth-order valence-electron chi connectivity index (χ4n) is 2.30. The Labute approximate surface area is 139 Å². The highest BCUT2D eigenvalue weighted by atomic mass is 127. The van der Waals surface area contributed by atoms with Crippen LogP contribution in [0.3, 0.4) is 0 Å². The number of hydrogen-bond acceptors (Lipinski definition) is 1. The van der Waals surface area contributed by atoms with Gasteiger partial charge in [0.15, 0.2) is 0 Å². The molecule has 0 atom stereocenters. The maximum absolute atomic E-state index is 12.1. The second-order valence-corrected chi connectivity index (χ2v) is 7.05. The van der Waals surface area contributed by atoms with Gasteiger partial charge < -0.3 is 4.90 Å². The highest BCUT2D eigenvalue weighted by Gasteiger charge is 2.27. The van der Waals surface area contributed by atoms with Gasteiger partial charge in [0.2, 0.25) is 5.91 Å². The van der Waals surface area contributed by atoms with E-state index >= 15 is 0 Å². The SMILES string of the molecule is O=C1Cc2cc(I)ccc2N1Cc1ccc(I)cc1. The summed E-state index contributed by atoms with van der Waals surface area (Å²) >= 11 is 4.57. The third-order valence-corrected chi connectivity index (χ3v) is 4.62. The number of fused-ring (bicyclic) bond motifs is 1. The van der Waals surface area contributed by atoms with Gasteiger partial charge in [-0.3, -0.25) is 4.79 Å². The molecule has 0 aliphatic carbocycles. The van der Waals surface area contributed by atoms with Crippen molar-refractivity contribution >= 4 is 56.8 Å². The summed E-state index contributed by atoms with van der Waals surface area (Å²) in [5.74, 6) is 0.190. The first-order chi connectivity index (χ1) is 9.13. The van der Waals surface area contributed by atoms with Gasteiger partial charge in [0, 0.05) is 12.8 Å². The zero-order chi connectivity index (χ0) is 13.4. The van der Waals surface area contributed by atoms with Crippen molar-refractivity contribution in [3.05, 3.63) is 60.7 Å². The van der Waals surface area contributed by atoms with Crippen LogP contribution in [-0.4, -0.2) is 5.91 Å². The van der Waals surface area contributed by atoms with Crippen LogP contribution in [0.25, 0.3) is 0 Å². The third-order valence-electron chi connectivity index (χ3n) is 3.23. The van der Waals surface area contributed by atoms with Gasteiger partial charge in [-0.2, -0.15) is 0 Å². The highest BCUT2D eigenvalue weighted by Crippen LogP contribution is 2.31. The Morgan fingerprint density at radius 1 is 1.00 bits per heavy atom. The van der Waals surface area contributed by atoms with Gasteiger partial charge in [0.05, 0.1) is 13.0 Å². The van der Waals surface area contributed by atoms with Crippen molar-refractivity contribution in [2.24, 2.45) is 0 Å². The second-order valence-electron chi connectivity index (χ2n) is 4.56. The number of nitrogens with zero attached hydrogens (tertiary/aromatic N) is 1. The predicted molar refractivity (Wildman–Crippen MR) is 93.2 cm³/mol. The molecule has 96 valence electrons. The molecule has 1 aliphatic rings. The van der Waals surface area contributed by atoms with Gasteiger partial charge in [0.1, 0.15) is 0 Å². The number of hydrogen-bond donors (Lipinski definition) is 0. The van der Waals surface area contributed by atoms with Gasteiger partial charge in [0.25, 0.3) is 0 Å². The average molecular weight is 475 g/mol. The molecule has 0 saturated heterocycles. The lowest BCUT2D eigenvalue weighted by Crippen LogP contribution is -2.25. The fraction of sp³-hybridized carbons (Fsp3) is 0.133.